The van der Waals surface area contributed by atoms with Crippen molar-refractivity contribution in [3.05, 3.63) is 76.5 Å². The van der Waals surface area contributed by atoms with Gasteiger partial charge in [0.15, 0.2) is 0 Å². The molecular formula is C21H16N4O4S. The molecule has 0 saturated heterocycles. The van der Waals surface area contributed by atoms with Crippen LogP contribution < -0.4 is 4.74 Å². The number of nitro groups is 1. The van der Waals surface area contributed by atoms with Gasteiger partial charge in [-0.25, -0.2) is 15.0 Å². The van der Waals surface area contributed by atoms with Gasteiger partial charge in [-0.1, -0.05) is 23.5 Å². The molecular weight excluding hydrogens is 404 g/mol. The predicted molar refractivity (Wildman–Crippen MR) is 113 cm³/mol. The minimum absolute atomic E-state index is 0.0600. The third-order valence-electron chi connectivity index (χ3n) is 4.31. The smallest absolute Gasteiger partial charge is 0.324 e. The van der Waals surface area contributed by atoms with Crippen molar-refractivity contribution in [1.29, 1.82) is 0 Å². The van der Waals surface area contributed by atoms with Gasteiger partial charge in [0, 0.05) is 17.0 Å². The number of pyridine rings is 3. The number of hydrogen-bond donors (Lipinski definition) is 1. The SMILES string of the molecule is COc1cccc(-c2cc(-c3ccc([N+](=O)[O-])s3)cc(-c3cccc(CO)n3)n2)n1. The van der Waals surface area contributed by atoms with E-state index < -0.39 is 4.92 Å². The molecule has 0 amide bonds. The molecule has 4 aromatic heterocycles. The minimum atomic E-state index is -0.410. The summed E-state index contributed by atoms with van der Waals surface area (Å²) in [7, 11) is 1.54. The molecule has 0 aliphatic heterocycles. The van der Waals surface area contributed by atoms with Crippen molar-refractivity contribution in [2.75, 3.05) is 7.11 Å². The standard InChI is InChI=1S/C21H16N4O4S/c1-29-20-7-3-6-16(24-20)18-11-13(19-8-9-21(30-19)25(27)28)10-17(23-18)15-5-2-4-14(12-26)22-15/h2-11,26H,12H2,1H3. The Kier molecular flexibility index (Phi) is 5.46. The van der Waals surface area contributed by atoms with Crippen LogP contribution in [0.15, 0.2) is 60.7 Å². The number of methoxy groups -OCH3 is 1. The molecule has 0 spiro atoms. The number of hydrogen-bond acceptors (Lipinski definition) is 8. The Bertz CT molecular complexity index is 1160. The van der Waals surface area contributed by atoms with Crippen LogP contribution in [0.4, 0.5) is 5.00 Å². The van der Waals surface area contributed by atoms with Crippen molar-refractivity contribution in [3.8, 4) is 39.1 Å². The largest absolute Gasteiger partial charge is 0.481 e. The lowest BCUT2D eigenvalue weighted by atomic mass is 10.1. The molecule has 0 aliphatic carbocycles. The summed E-state index contributed by atoms with van der Waals surface area (Å²) in [6, 6.07) is 17.5. The molecule has 30 heavy (non-hydrogen) atoms. The van der Waals surface area contributed by atoms with E-state index in [1.54, 1.807) is 30.3 Å². The van der Waals surface area contributed by atoms with Gasteiger partial charge in [0.05, 0.1) is 47.1 Å². The average Bonchev–Trinajstić information content (AvgIpc) is 3.30. The quantitative estimate of drug-likeness (QED) is 0.365. The predicted octanol–water partition coefficient (Wildman–Crippen LogP) is 4.34. The molecule has 0 fully saturated rings. The van der Waals surface area contributed by atoms with Crippen LogP contribution in [0.2, 0.25) is 0 Å². The molecule has 0 aliphatic rings. The Balaban J connectivity index is 1.89. The lowest BCUT2D eigenvalue weighted by Crippen LogP contribution is -1.97. The second-order valence-electron chi connectivity index (χ2n) is 6.26. The zero-order valence-electron chi connectivity index (χ0n) is 15.8. The van der Waals surface area contributed by atoms with Crippen LogP contribution in [-0.2, 0) is 6.61 Å². The number of aliphatic hydroxyl groups is 1. The number of ether oxygens (including phenoxy) is 1. The highest BCUT2D eigenvalue weighted by Crippen LogP contribution is 2.36. The monoisotopic (exact) mass is 420 g/mol. The fraction of sp³-hybridized carbons (Fsp3) is 0.0952. The highest BCUT2D eigenvalue weighted by molar-refractivity contribution is 7.18. The summed E-state index contributed by atoms with van der Waals surface area (Å²) >= 11 is 1.08. The van der Waals surface area contributed by atoms with Crippen molar-refractivity contribution in [2.24, 2.45) is 0 Å². The fourth-order valence-corrected chi connectivity index (χ4v) is 3.71. The Morgan fingerprint density at radius 3 is 2.30 bits per heavy atom. The van der Waals surface area contributed by atoms with Crippen LogP contribution in [0.5, 0.6) is 5.88 Å². The first-order valence-corrected chi connectivity index (χ1v) is 9.74. The van der Waals surface area contributed by atoms with E-state index in [9.17, 15) is 15.2 Å². The van der Waals surface area contributed by atoms with E-state index in [1.165, 1.54) is 13.2 Å². The summed E-state index contributed by atoms with van der Waals surface area (Å²) in [4.78, 5) is 25.0. The summed E-state index contributed by atoms with van der Waals surface area (Å²) < 4.78 is 5.21. The van der Waals surface area contributed by atoms with Gasteiger partial charge in [-0.05, 0) is 42.0 Å². The molecule has 150 valence electrons. The van der Waals surface area contributed by atoms with E-state index in [1.807, 2.05) is 24.3 Å². The van der Waals surface area contributed by atoms with Crippen LogP contribution in [0.3, 0.4) is 0 Å². The maximum Gasteiger partial charge on any atom is 0.324 e. The van der Waals surface area contributed by atoms with Gasteiger partial charge in [-0.15, -0.1) is 0 Å². The summed E-state index contributed by atoms with van der Waals surface area (Å²) in [5.41, 5.74) is 3.61. The molecule has 0 radical (unpaired) electrons. The lowest BCUT2D eigenvalue weighted by molar-refractivity contribution is -0.380. The van der Waals surface area contributed by atoms with E-state index in [4.69, 9.17) is 9.72 Å². The van der Waals surface area contributed by atoms with Crippen molar-refractivity contribution in [2.45, 2.75) is 6.61 Å². The highest BCUT2D eigenvalue weighted by atomic mass is 32.1. The van der Waals surface area contributed by atoms with Gasteiger partial charge in [-0.2, -0.15) is 0 Å². The van der Waals surface area contributed by atoms with Crippen molar-refractivity contribution in [1.82, 2.24) is 15.0 Å². The van der Waals surface area contributed by atoms with Gasteiger partial charge in [0.25, 0.3) is 0 Å². The molecule has 0 aromatic carbocycles. The van der Waals surface area contributed by atoms with E-state index in [0.29, 0.717) is 34.3 Å². The normalized spacial score (nSPS) is 10.7. The number of nitrogens with zero attached hydrogens (tertiary/aromatic N) is 4. The number of aromatic nitrogens is 3. The van der Waals surface area contributed by atoms with Gasteiger partial charge in [-0.3, -0.25) is 10.1 Å². The van der Waals surface area contributed by atoms with Crippen LogP contribution in [0, 0.1) is 10.1 Å². The molecule has 0 saturated carbocycles. The molecule has 0 atom stereocenters. The Labute approximate surface area is 175 Å². The van der Waals surface area contributed by atoms with E-state index in [0.717, 1.165) is 21.8 Å². The first-order chi connectivity index (χ1) is 14.6. The maximum atomic E-state index is 11.1. The van der Waals surface area contributed by atoms with Crippen molar-refractivity contribution >= 4 is 16.3 Å². The third-order valence-corrected chi connectivity index (χ3v) is 5.39. The summed E-state index contributed by atoms with van der Waals surface area (Å²) in [5, 5.41) is 20.6. The van der Waals surface area contributed by atoms with E-state index >= 15 is 0 Å². The fourth-order valence-electron chi connectivity index (χ4n) is 2.90. The lowest BCUT2D eigenvalue weighted by Gasteiger charge is -2.09. The minimum Gasteiger partial charge on any atom is -0.481 e. The Morgan fingerprint density at radius 1 is 0.967 bits per heavy atom. The van der Waals surface area contributed by atoms with Gasteiger partial charge in [0.2, 0.25) is 5.88 Å². The first kappa shape index (κ1) is 19.6. The summed E-state index contributed by atoms with van der Waals surface area (Å²) in [6.45, 7) is -0.186. The number of aliphatic hydroxyl groups excluding tert-OH is 1. The molecule has 0 unspecified atom stereocenters. The van der Waals surface area contributed by atoms with Crippen LogP contribution >= 0.6 is 11.3 Å². The second kappa shape index (κ2) is 8.36. The molecule has 4 aromatic rings. The zero-order chi connectivity index (χ0) is 21.1. The van der Waals surface area contributed by atoms with Crippen molar-refractivity contribution in [3.63, 3.8) is 0 Å². The van der Waals surface area contributed by atoms with Gasteiger partial charge < -0.3 is 9.84 Å². The first-order valence-electron chi connectivity index (χ1n) is 8.92. The average molecular weight is 420 g/mol. The van der Waals surface area contributed by atoms with Crippen LogP contribution in [0.1, 0.15) is 5.69 Å². The second-order valence-corrected chi connectivity index (χ2v) is 7.32. The molecule has 4 heterocycles. The Morgan fingerprint density at radius 2 is 1.67 bits per heavy atom. The van der Waals surface area contributed by atoms with Gasteiger partial charge in [0.1, 0.15) is 0 Å². The highest BCUT2D eigenvalue weighted by Gasteiger charge is 2.15. The van der Waals surface area contributed by atoms with E-state index in [-0.39, 0.29) is 11.6 Å². The zero-order valence-corrected chi connectivity index (χ0v) is 16.7. The third kappa shape index (κ3) is 4.02. The molecule has 8 nitrogen and oxygen atoms in total. The molecule has 4 rings (SSSR count). The Hall–Kier alpha value is -3.69. The molecule has 1 N–H and O–H groups in total. The van der Waals surface area contributed by atoms with Gasteiger partial charge >= 0.3 is 5.00 Å². The van der Waals surface area contributed by atoms with E-state index in [2.05, 4.69) is 9.97 Å². The summed E-state index contributed by atoms with van der Waals surface area (Å²) in [6.07, 6.45) is 0. The molecule has 0 bridgehead atoms. The van der Waals surface area contributed by atoms with Crippen LogP contribution in [-0.4, -0.2) is 32.1 Å². The topological polar surface area (TPSA) is 111 Å². The molecule has 9 heteroatoms. The maximum absolute atomic E-state index is 11.1. The summed E-state index contributed by atoms with van der Waals surface area (Å²) in [5.74, 6) is 0.452. The number of thiophene rings is 1. The number of rotatable bonds is 6. The van der Waals surface area contributed by atoms with Crippen molar-refractivity contribution < 1.29 is 14.8 Å². The van der Waals surface area contributed by atoms with Crippen LogP contribution in [0.25, 0.3) is 33.2 Å².